The van der Waals surface area contributed by atoms with Crippen LogP contribution in [0.25, 0.3) is 10.9 Å². The normalized spacial score (nSPS) is 11.2. The van der Waals surface area contributed by atoms with Crippen LogP contribution in [0.3, 0.4) is 0 Å². The molecule has 0 aliphatic carbocycles. The van der Waals surface area contributed by atoms with Crippen molar-refractivity contribution < 1.29 is 9.90 Å². The lowest BCUT2D eigenvalue weighted by molar-refractivity contribution is 0.0693. The number of aromatic carboxylic acids is 1. The number of rotatable bonds is 2. The summed E-state index contributed by atoms with van der Waals surface area (Å²) in [4.78, 5) is 26.0. The van der Waals surface area contributed by atoms with Crippen LogP contribution in [0.5, 0.6) is 0 Å². The Morgan fingerprint density at radius 2 is 1.89 bits per heavy atom. The third kappa shape index (κ3) is 2.14. The molecule has 2 rings (SSSR count). The molecule has 1 aromatic heterocycles. The number of aromatic nitrogens is 1. The van der Waals surface area contributed by atoms with Crippen molar-refractivity contribution in [1.29, 1.82) is 0 Å². The quantitative estimate of drug-likeness (QED) is 0.871. The van der Waals surface area contributed by atoms with Gasteiger partial charge in [0.15, 0.2) is 0 Å². The van der Waals surface area contributed by atoms with Crippen LogP contribution in [-0.2, 0) is 0 Å². The lowest BCUT2D eigenvalue weighted by Crippen LogP contribution is -2.22. The van der Waals surface area contributed by atoms with Crippen molar-refractivity contribution in [1.82, 2.24) is 4.98 Å². The highest BCUT2D eigenvalue weighted by molar-refractivity contribution is 5.97. The van der Waals surface area contributed by atoms with Crippen molar-refractivity contribution in [3.05, 3.63) is 44.7 Å². The molecule has 4 nitrogen and oxygen atoms in total. The van der Waals surface area contributed by atoms with Crippen molar-refractivity contribution in [2.24, 2.45) is 0 Å². The molecule has 4 heteroatoms. The Kier molecular flexibility index (Phi) is 3.18. The molecule has 100 valence electrons. The highest BCUT2D eigenvalue weighted by atomic mass is 16.4. The van der Waals surface area contributed by atoms with Gasteiger partial charge in [0.25, 0.3) is 5.56 Å². The van der Waals surface area contributed by atoms with Gasteiger partial charge < -0.3 is 10.1 Å². The predicted octanol–water partition coefficient (Wildman–Crippen LogP) is 2.97. The molecule has 1 aromatic carbocycles. The van der Waals surface area contributed by atoms with Crippen LogP contribution in [0, 0.1) is 13.8 Å². The second kappa shape index (κ2) is 4.53. The molecule has 0 aliphatic heterocycles. The minimum atomic E-state index is -1.17. The molecule has 0 atom stereocenters. The van der Waals surface area contributed by atoms with Gasteiger partial charge in [-0.2, -0.15) is 0 Å². The molecule has 0 radical (unpaired) electrons. The summed E-state index contributed by atoms with van der Waals surface area (Å²) in [5.41, 5.74) is 2.67. The number of aromatic amines is 1. The fourth-order valence-electron chi connectivity index (χ4n) is 2.65. The van der Waals surface area contributed by atoms with E-state index in [4.69, 9.17) is 0 Å². The van der Waals surface area contributed by atoms with Crippen LogP contribution in [0.15, 0.2) is 16.9 Å². The summed E-state index contributed by atoms with van der Waals surface area (Å²) < 4.78 is 0. The zero-order valence-electron chi connectivity index (χ0n) is 11.5. The number of hydrogen-bond acceptors (Lipinski definition) is 2. The topological polar surface area (TPSA) is 70.2 Å². The monoisotopic (exact) mass is 259 g/mol. The molecular weight excluding hydrogens is 242 g/mol. The first-order valence-corrected chi connectivity index (χ1v) is 6.23. The van der Waals surface area contributed by atoms with E-state index in [9.17, 15) is 14.7 Å². The molecule has 1 heterocycles. The number of H-pyrrole nitrogens is 1. The number of pyridine rings is 1. The largest absolute Gasteiger partial charge is 0.477 e. The number of carboxylic acids is 1. The molecule has 19 heavy (non-hydrogen) atoms. The van der Waals surface area contributed by atoms with E-state index in [0.29, 0.717) is 11.1 Å². The van der Waals surface area contributed by atoms with Crippen LogP contribution < -0.4 is 5.56 Å². The number of carboxylic acid groups (broad SMARTS) is 1. The Morgan fingerprint density at radius 3 is 2.42 bits per heavy atom. The summed E-state index contributed by atoms with van der Waals surface area (Å²) in [7, 11) is 0. The van der Waals surface area contributed by atoms with Crippen LogP contribution in [-0.4, -0.2) is 16.1 Å². The predicted molar refractivity (Wildman–Crippen MR) is 75.1 cm³/mol. The lowest BCUT2D eigenvalue weighted by atomic mass is 9.91. The average molecular weight is 259 g/mol. The van der Waals surface area contributed by atoms with E-state index in [1.54, 1.807) is 0 Å². The van der Waals surface area contributed by atoms with Crippen LogP contribution >= 0.6 is 0 Å². The summed E-state index contributed by atoms with van der Waals surface area (Å²) in [5.74, 6) is -1.20. The van der Waals surface area contributed by atoms with Gasteiger partial charge in [-0.1, -0.05) is 19.9 Å². The summed E-state index contributed by atoms with van der Waals surface area (Å²) >= 11 is 0. The molecule has 0 fully saturated rings. The van der Waals surface area contributed by atoms with E-state index >= 15 is 0 Å². The van der Waals surface area contributed by atoms with Crippen molar-refractivity contribution in [3.63, 3.8) is 0 Å². The summed E-state index contributed by atoms with van der Waals surface area (Å²) in [5, 5.41) is 10.1. The molecule has 0 spiro atoms. The van der Waals surface area contributed by atoms with Crippen LogP contribution in [0.2, 0.25) is 0 Å². The van der Waals surface area contributed by atoms with Crippen molar-refractivity contribution >= 4 is 16.9 Å². The Hall–Kier alpha value is -2.10. The molecule has 0 unspecified atom stereocenters. The first-order valence-electron chi connectivity index (χ1n) is 6.23. The summed E-state index contributed by atoms with van der Waals surface area (Å²) in [6.07, 6.45) is 0. The summed E-state index contributed by atoms with van der Waals surface area (Å²) in [6.45, 7) is 7.69. The number of aryl methyl sites for hydroxylation is 2. The van der Waals surface area contributed by atoms with Gasteiger partial charge in [0.2, 0.25) is 0 Å². The molecule has 0 aliphatic rings. The fraction of sp³-hybridized carbons (Fsp3) is 0.333. The lowest BCUT2D eigenvalue weighted by Gasteiger charge is -2.15. The van der Waals surface area contributed by atoms with E-state index in [1.807, 2.05) is 39.8 Å². The Bertz CT molecular complexity index is 726. The highest BCUT2D eigenvalue weighted by Crippen LogP contribution is 2.29. The van der Waals surface area contributed by atoms with E-state index in [1.165, 1.54) is 0 Å². The number of nitrogens with one attached hydrogen (secondary N) is 1. The van der Waals surface area contributed by atoms with Crippen LogP contribution in [0.1, 0.15) is 46.8 Å². The van der Waals surface area contributed by atoms with Gasteiger partial charge in [0.05, 0.1) is 0 Å². The maximum Gasteiger partial charge on any atom is 0.341 e. The van der Waals surface area contributed by atoms with Gasteiger partial charge in [-0.05, 0) is 42.5 Å². The van der Waals surface area contributed by atoms with Crippen molar-refractivity contribution in [2.75, 3.05) is 0 Å². The number of benzene rings is 1. The standard InChI is InChI=1S/C15H17NO3/c1-7(2)11-12-9(4)5-8(3)6-10(12)16-14(17)13(11)15(18)19/h5-7H,1-4H3,(H,16,17)(H,18,19). The van der Waals surface area contributed by atoms with Gasteiger partial charge in [-0.15, -0.1) is 0 Å². The van der Waals surface area contributed by atoms with Gasteiger partial charge in [0, 0.05) is 10.9 Å². The second-order valence-corrected chi connectivity index (χ2v) is 5.21. The smallest absolute Gasteiger partial charge is 0.341 e. The zero-order chi connectivity index (χ0) is 14.3. The minimum Gasteiger partial charge on any atom is -0.477 e. The zero-order valence-corrected chi connectivity index (χ0v) is 11.5. The first-order chi connectivity index (χ1) is 8.82. The van der Waals surface area contributed by atoms with Crippen molar-refractivity contribution in [3.8, 4) is 0 Å². The maximum atomic E-state index is 12.0. The molecule has 0 saturated carbocycles. The average Bonchev–Trinajstić information content (AvgIpc) is 2.25. The number of hydrogen-bond donors (Lipinski definition) is 2. The highest BCUT2D eigenvalue weighted by Gasteiger charge is 2.21. The molecule has 0 bridgehead atoms. The number of carbonyl (C=O) groups is 1. The Balaban J connectivity index is 3.08. The van der Waals surface area contributed by atoms with E-state index in [2.05, 4.69) is 4.98 Å². The fourth-order valence-corrected chi connectivity index (χ4v) is 2.65. The minimum absolute atomic E-state index is 0.0303. The number of fused-ring (bicyclic) bond motifs is 1. The SMILES string of the molecule is Cc1cc(C)c2c(C(C)C)c(C(=O)O)c(=O)[nH]c2c1. The third-order valence-electron chi connectivity index (χ3n) is 3.29. The third-order valence-corrected chi connectivity index (χ3v) is 3.29. The van der Waals surface area contributed by atoms with Crippen molar-refractivity contribution in [2.45, 2.75) is 33.6 Å². The van der Waals surface area contributed by atoms with Gasteiger partial charge in [-0.25, -0.2) is 4.79 Å². The van der Waals surface area contributed by atoms with Gasteiger partial charge >= 0.3 is 5.97 Å². The first kappa shape index (κ1) is 13.3. The molecule has 0 amide bonds. The second-order valence-electron chi connectivity index (χ2n) is 5.21. The van der Waals surface area contributed by atoms with Gasteiger partial charge in [-0.3, -0.25) is 4.79 Å². The van der Waals surface area contributed by atoms with Crippen LogP contribution in [0.4, 0.5) is 0 Å². The maximum absolute atomic E-state index is 12.0. The molecule has 2 N–H and O–H groups in total. The Morgan fingerprint density at radius 1 is 1.26 bits per heavy atom. The molecular formula is C15H17NO3. The molecule has 2 aromatic rings. The van der Waals surface area contributed by atoms with E-state index in [-0.39, 0.29) is 11.5 Å². The molecule has 0 saturated heterocycles. The Labute approximate surface area is 111 Å². The van der Waals surface area contributed by atoms with E-state index in [0.717, 1.165) is 16.5 Å². The summed E-state index contributed by atoms with van der Waals surface area (Å²) in [6, 6.07) is 3.87. The van der Waals surface area contributed by atoms with Gasteiger partial charge in [0.1, 0.15) is 5.56 Å². The van der Waals surface area contributed by atoms with E-state index < -0.39 is 11.5 Å².